The summed E-state index contributed by atoms with van der Waals surface area (Å²) in [7, 11) is 0. The second kappa shape index (κ2) is 13.5. The summed E-state index contributed by atoms with van der Waals surface area (Å²) in [6.07, 6.45) is 0.852. The van der Waals surface area contributed by atoms with Crippen LogP contribution in [0.15, 0.2) is 0 Å². The number of aliphatic carboxylic acids is 1. The Labute approximate surface area is 198 Å². The summed E-state index contributed by atoms with van der Waals surface area (Å²) < 4.78 is 0. The lowest BCUT2D eigenvalue weighted by Crippen LogP contribution is -2.58. The lowest BCUT2D eigenvalue weighted by atomic mass is 9.96. The highest BCUT2D eigenvalue weighted by atomic mass is 16.4. The van der Waals surface area contributed by atoms with E-state index in [2.05, 4.69) is 10.6 Å². The van der Waals surface area contributed by atoms with Crippen LogP contribution in [0.3, 0.4) is 0 Å². The molecule has 0 saturated carbocycles. The fourth-order valence-corrected chi connectivity index (χ4v) is 3.68. The maximum atomic E-state index is 13.1. The minimum absolute atomic E-state index is 0.00126. The van der Waals surface area contributed by atoms with Crippen LogP contribution in [-0.4, -0.2) is 76.2 Å². The molecule has 5 atom stereocenters. The third kappa shape index (κ3) is 8.61. The van der Waals surface area contributed by atoms with Gasteiger partial charge in [0.25, 0.3) is 0 Å². The molecular formula is C21H36N6O7. The van der Waals surface area contributed by atoms with E-state index in [1.54, 1.807) is 6.92 Å². The number of hydrogen-bond donors (Lipinski definition) is 6. The largest absolute Gasteiger partial charge is 0.480 e. The number of carbonyl (C=O) groups excluding carboxylic acids is 5. The SMILES string of the molecule is CCC(C)C(NC(=O)C(N)CCC(N)=O)C(=O)NC(CCC(N)=O)C(=O)N1CCCC1C(=O)O. The van der Waals surface area contributed by atoms with Gasteiger partial charge in [0.1, 0.15) is 18.1 Å². The Morgan fingerprint density at radius 2 is 1.59 bits per heavy atom. The van der Waals surface area contributed by atoms with Crippen LogP contribution in [0.4, 0.5) is 0 Å². The molecule has 34 heavy (non-hydrogen) atoms. The van der Waals surface area contributed by atoms with Gasteiger partial charge in [-0.3, -0.25) is 24.0 Å². The van der Waals surface area contributed by atoms with Crippen LogP contribution in [-0.2, 0) is 28.8 Å². The number of nitrogens with zero attached hydrogens (tertiary/aromatic N) is 1. The number of carboxylic acids is 1. The maximum Gasteiger partial charge on any atom is 0.326 e. The molecule has 1 fully saturated rings. The van der Waals surface area contributed by atoms with Crippen molar-refractivity contribution in [2.24, 2.45) is 23.1 Å². The van der Waals surface area contributed by atoms with E-state index >= 15 is 0 Å². The summed E-state index contributed by atoms with van der Waals surface area (Å²) >= 11 is 0. The molecule has 0 aliphatic carbocycles. The van der Waals surface area contributed by atoms with Gasteiger partial charge in [-0.05, 0) is 31.6 Å². The van der Waals surface area contributed by atoms with E-state index in [4.69, 9.17) is 17.2 Å². The highest BCUT2D eigenvalue weighted by Gasteiger charge is 2.39. The van der Waals surface area contributed by atoms with Crippen LogP contribution in [0.2, 0.25) is 0 Å². The molecule has 13 heteroatoms. The van der Waals surface area contributed by atoms with Gasteiger partial charge in [0, 0.05) is 19.4 Å². The Kier molecular flexibility index (Phi) is 11.4. The van der Waals surface area contributed by atoms with E-state index in [1.807, 2.05) is 6.92 Å². The Hall–Kier alpha value is -3.22. The van der Waals surface area contributed by atoms with E-state index in [1.165, 1.54) is 4.90 Å². The Morgan fingerprint density at radius 1 is 1.00 bits per heavy atom. The van der Waals surface area contributed by atoms with Crippen LogP contribution in [0.25, 0.3) is 0 Å². The highest BCUT2D eigenvalue weighted by Crippen LogP contribution is 2.20. The first-order valence-corrected chi connectivity index (χ1v) is 11.3. The van der Waals surface area contributed by atoms with E-state index in [-0.39, 0.29) is 44.6 Å². The smallest absolute Gasteiger partial charge is 0.326 e. The molecule has 5 unspecified atom stereocenters. The van der Waals surface area contributed by atoms with Crippen LogP contribution in [0.5, 0.6) is 0 Å². The molecular weight excluding hydrogens is 448 g/mol. The van der Waals surface area contributed by atoms with E-state index in [0.29, 0.717) is 12.8 Å². The third-order valence-electron chi connectivity index (χ3n) is 5.95. The first-order valence-electron chi connectivity index (χ1n) is 11.3. The average Bonchev–Trinajstić information content (AvgIpc) is 3.27. The fraction of sp³-hybridized carbons (Fsp3) is 0.714. The van der Waals surface area contributed by atoms with Gasteiger partial charge in [-0.2, -0.15) is 0 Å². The number of carboxylic acid groups (broad SMARTS) is 1. The molecule has 1 aliphatic heterocycles. The second-order valence-electron chi connectivity index (χ2n) is 8.58. The fourth-order valence-electron chi connectivity index (χ4n) is 3.68. The summed E-state index contributed by atoms with van der Waals surface area (Å²) in [5.41, 5.74) is 16.1. The van der Waals surface area contributed by atoms with Crippen LogP contribution in [0.1, 0.15) is 58.8 Å². The predicted molar refractivity (Wildman–Crippen MR) is 121 cm³/mol. The summed E-state index contributed by atoms with van der Waals surface area (Å²) in [5.74, 6) is -4.77. The molecule has 1 rings (SSSR count). The van der Waals surface area contributed by atoms with Crippen molar-refractivity contribution < 1.29 is 33.9 Å². The highest BCUT2D eigenvalue weighted by molar-refractivity contribution is 5.94. The number of nitrogens with one attached hydrogen (secondary N) is 2. The molecule has 5 amide bonds. The topological polar surface area (TPSA) is 228 Å². The zero-order chi connectivity index (χ0) is 26.0. The Morgan fingerprint density at radius 3 is 2.12 bits per heavy atom. The Balaban J connectivity index is 3.02. The molecule has 0 bridgehead atoms. The van der Waals surface area contributed by atoms with Gasteiger partial charge in [-0.25, -0.2) is 4.79 Å². The summed E-state index contributed by atoms with van der Waals surface area (Å²) in [5, 5.41) is 14.5. The number of carbonyl (C=O) groups is 6. The van der Waals surface area contributed by atoms with Crippen molar-refractivity contribution in [2.75, 3.05) is 6.54 Å². The van der Waals surface area contributed by atoms with Crippen molar-refractivity contribution in [3.63, 3.8) is 0 Å². The van der Waals surface area contributed by atoms with Crippen molar-refractivity contribution in [1.82, 2.24) is 15.5 Å². The molecule has 1 aliphatic rings. The molecule has 0 aromatic carbocycles. The summed E-state index contributed by atoms with van der Waals surface area (Å²) in [6.45, 7) is 3.74. The minimum Gasteiger partial charge on any atom is -0.480 e. The lowest BCUT2D eigenvalue weighted by molar-refractivity contribution is -0.149. The molecule has 0 radical (unpaired) electrons. The van der Waals surface area contributed by atoms with Crippen LogP contribution < -0.4 is 27.8 Å². The van der Waals surface area contributed by atoms with Crippen molar-refractivity contribution in [3.05, 3.63) is 0 Å². The third-order valence-corrected chi connectivity index (χ3v) is 5.95. The van der Waals surface area contributed by atoms with Gasteiger partial charge in [-0.15, -0.1) is 0 Å². The van der Waals surface area contributed by atoms with Crippen molar-refractivity contribution >= 4 is 35.5 Å². The first-order chi connectivity index (χ1) is 15.9. The first kappa shape index (κ1) is 28.8. The number of amides is 5. The molecule has 13 nitrogen and oxygen atoms in total. The monoisotopic (exact) mass is 484 g/mol. The minimum atomic E-state index is -1.20. The number of likely N-dealkylation sites (tertiary alicyclic amines) is 1. The number of primary amides is 2. The molecule has 0 spiro atoms. The van der Waals surface area contributed by atoms with E-state index < -0.39 is 59.7 Å². The number of nitrogens with two attached hydrogens (primary N) is 3. The van der Waals surface area contributed by atoms with E-state index in [0.717, 1.165) is 0 Å². The maximum absolute atomic E-state index is 13.1. The number of hydrogen-bond acceptors (Lipinski definition) is 7. The summed E-state index contributed by atoms with van der Waals surface area (Å²) in [6, 6.07) is -4.35. The molecule has 1 saturated heterocycles. The lowest BCUT2D eigenvalue weighted by Gasteiger charge is -2.30. The van der Waals surface area contributed by atoms with Gasteiger partial charge in [0.15, 0.2) is 0 Å². The zero-order valence-electron chi connectivity index (χ0n) is 19.6. The molecule has 0 aromatic heterocycles. The van der Waals surface area contributed by atoms with Crippen molar-refractivity contribution in [1.29, 1.82) is 0 Å². The van der Waals surface area contributed by atoms with Crippen LogP contribution in [0, 0.1) is 5.92 Å². The van der Waals surface area contributed by atoms with Crippen molar-refractivity contribution in [3.8, 4) is 0 Å². The average molecular weight is 485 g/mol. The zero-order valence-corrected chi connectivity index (χ0v) is 19.6. The second-order valence-corrected chi connectivity index (χ2v) is 8.58. The molecule has 1 heterocycles. The van der Waals surface area contributed by atoms with Gasteiger partial charge in [0.05, 0.1) is 6.04 Å². The van der Waals surface area contributed by atoms with Crippen molar-refractivity contribution in [2.45, 2.75) is 83.0 Å². The van der Waals surface area contributed by atoms with Gasteiger partial charge >= 0.3 is 5.97 Å². The Bertz CT molecular complexity index is 790. The molecule has 192 valence electrons. The van der Waals surface area contributed by atoms with Crippen LogP contribution >= 0.6 is 0 Å². The predicted octanol–water partition coefficient (Wildman–Crippen LogP) is -2.06. The molecule has 0 aromatic rings. The molecule has 9 N–H and O–H groups in total. The van der Waals surface area contributed by atoms with Gasteiger partial charge in [-0.1, -0.05) is 20.3 Å². The summed E-state index contributed by atoms with van der Waals surface area (Å²) in [4.78, 5) is 73.6. The number of rotatable bonds is 14. The van der Waals surface area contributed by atoms with E-state index in [9.17, 15) is 33.9 Å². The van der Waals surface area contributed by atoms with Gasteiger partial charge in [0.2, 0.25) is 29.5 Å². The normalized spacial score (nSPS) is 18.9. The standard InChI is InChI=1S/C21H36N6O7/c1-3-11(2)17(26-18(30)12(22)6-8-15(23)28)19(31)25-13(7-9-16(24)29)20(32)27-10-4-5-14(27)21(33)34/h11-14,17H,3-10,22H2,1-2H3,(H2,23,28)(H2,24,29)(H,25,31)(H,26,30)(H,33,34). The van der Waals surface area contributed by atoms with Gasteiger partial charge < -0.3 is 37.8 Å². The quantitative estimate of drug-likeness (QED) is 0.160.